The fourth-order valence-corrected chi connectivity index (χ4v) is 3.95. The van der Waals surface area contributed by atoms with Crippen LogP contribution < -0.4 is 10.2 Å². The van der Waals surface area contributed by atoms with Gasteiger partial charge in [-0.25, -0.2) is 4.98 Å². The lowest BCUT2D eigenvalue weighted by Crippen LogP contribution is -2.36. The maximum atomic E-state index is 12.5. The molecular formula is C23H27N3O3. The molecule has 2 aliphatic rings. The molecule has 1 aromatic carbocycles. The number of Topliss-reactive ketones (excluding diaryl/α,β-unsaturated/α-hetero) is 1. The number of ketones is 1. The third kappa shape index (κ3) is 5.01. The molecule has 4 rings (SSSR count). The van der Waals surface area contributed by atoms with E-state index in [0.717, 1.165) is 44.8 Å². The number of carbonyl (C=O) groups is 2. The Kier molecular flexibility index (Phi) is 6.20. The Balaban J connectivity index is 1.28. The summed E-state index contributed by atoms with van der Waals surface area (Å²) in [6, 6.07) is 9.74. The molecular weight excluding hydrogens is 366 g/mol. The minimum absolute atomic E-state index is 0.0177. The van der Waals surface area contributed by atoms with E-state index in [1.165, 1.54) is 24.0 Å². The molecule has 6 nitrogen and oxygen atoms in total. The van der Waals surface area contributed by atoms with Crippen molar-refractivity contribution in [1.82, 2.24) is 4.98 Å². The van der Waals surface area contributed by atoms with E-state index in [9.17, 15) is 9.59 Å². The standard InChI is InChI=1S/C23H27N3O3/c27-21(19-6-5-17-3-1-2-4-18(17)15-19)8-10-23(28)25-22-9-7-20(16-24-22)26-11-13-29-14-12-26/h5-7,9,15-16H,1-4,8,10-14H2,(H,24,25,28). The predicted octanol–water partition coefficient (Wildman–Crippen LogP) is 3.40. The summed E-state index contributed by atoms with van der Waals surface area (Å²) in [5.74, 6) is 0.334. The maximum Gasteiger partial charge on any atom is 0.225 e. The highest BCUT2D eigenvalue weighted by atomic mass is 16.5. The van der Waals surface area contributed by atoms with Crippen LogP contribution in [0.5, 0.6) is 0 Å². The summed E-state index contributed by atoms with van der Waals surface area (Å²) in [6.07, 6.45) is 6.68. The summed E-state index contributed by atoms with van der Waals surface area (Å²) < 4.78 is 5.36. The molecule has 1 saturated heterocycles. The van der Waals surface area contributed by atoms with Crippen molar-refractivity contribution >= 4 is 23.2 Å². The second-order valence-electron chi connectivity index (χ2n) is 7.66. The smallest absolute Gasteiger partial charge is 0.225 e. The first-order valence-electron chi connectivity index (χ1n) is 10.4. The number of amides is 1. The number of hydrogen-bond donors (Lipinski definition) is 1. The number of fused-ring (bicyclic) bond motifs is 1. The maximum absolute atomic E-state index is 12.5. The molecule has 1 aliphatic heterocycles. The fraction of sp³-hybridized carbons (Fsp3) is 0.435. The van der Waals surface area contributed by atoms with E-state index >= 15 is 0 Å². The van der Waals surface area contributed by atoms with Crippen LogP contribution in [0.15, 0.2) is 36.5 Å². The van der Waals surface area contributed by atoms with Crippen molar-refractivity contribution in [2.75, 3.05) is 36.5 Å². The fourth-order valence-electron chi connectivity index (χ4n) is 3.95. The molecule has 0 unspecified atom stereocenters. The normalized spacial score (nSPS) is 16.2. The van der Waals surface area contributed by atoms with Gasteiger partial charge in [0.05, 0.1) is 25.1 Å². The predicted molar refractivity (Wildman–Crippen MR) is 113 cm³/mol. The molecule has 152 valence electrons. The van der Waals surface area contributed by atoms with Crippen LogP contribution in [0.1, 0.15) is 47.2 Å². The molecule has 6 heteroatoms. The third-order valence-corrected chi connectivity index (χ3v) is 5.64. The van der Waals surface area contributed by atoms with Crippen LogP contribution in [0.4, 0.5) is 11.5 Å². The molecule has 2 heterocycles. The quantitative estimate of drug-likeness (QED) is 0.762. The second kappa shape index (κ2) is 9.18. The Labute approximate surface area is 171 Å². The van der Waals surface area contributed by atoms with E-state index in [0.29, 0.717) is 11.4 Å². The zero-order valence-corrected chi connectivity index (χ0v) is 16.7. The highest BCUT2D eigenvalue weighted by molar-refractivity contribution is 6.00. The van der Waals surface area contributed by atoms with E-state index in [4.69, 9.17) is 4.74 Å². The van der Waals surface area contributed by atoms with Gasteiger partial charge in [0.25, 0.3) is 0 Å². The summed E-state index contributed by atoms with van der Waals surface area (Å²) in [5, 5.41) is 2.78. The van der Waals surface area contributed by atoms with Crippen LogP contribution >= 0.6 is 0 Å². The van der Waals surface area contributed by atoms with Crippen molar-refractivity contribution in [3.63, 3.8) is 0 Å². The van der Waals surface area contributed by atoms with Crippen LogP contribution in [0.25, 0.3) is 0 Å². The molecule has 0 radical (unpaired) electrons. The Hall–Kier alpha value is -2.73. The molecule has 1 aliphatic carbocycles. The second-order valence-corrected chi connectivity index (χ2v) is 7.66. The number of carbonyl (C=O) groups excluding carboxylic acids is 2. The number of anilines is 2. The number of morpholine rings is 1. The monoisotopic (exact) mass is 393 g/mol. The summed E-state index contributed by atoms with van der Waals surface area (Å²) in [5.41, 5.74) is 4.38. The first-order valence-corrected chi connectivity index (χ1v) is 10.4. The number of pyridine rings is 1. The largest absolute Gasteiger partial charge is 0.378 e. The minimum atomic E-state index is -0.192. The minimum Gasteiger partial charge on any atom is -0.378 e. The lowest BCUT2D eigenvalue weighted by atomic mass is 9.89. The van der Waals surface area contributed by atoms with E-state index in [2.05, 4.69) is 21.3 Å². The number of aryl methyl sites for hydroxylation is 2. The summed E-state index contributed by atoms with van der Waals surface area (Å²) in [6.45, 7) is 3.13. The number of ether oxygens (including phenoxy) is 1. The van der Waals surface area contributed by atoms with Crippen LogP contribution in [-0.2, 0) is 22.4 Å². The van der Waals surface area contributed by atoms with Crippen LogP contribution in [0, 0.1) is 0 Å². The van der Waals surface area contributed by atoms with Gasteiger partial charge < -0.3 is 15.0 Å². The molecule has 1 fully saturated rings. The van der Waals surface area contributed by atoms with Gasteiger partial charge in [0.15, 0.2) is 5.78 Å². The van der Waals surface area contributed by atoms with Crippen molar-refractivity contribution in [3.05, 3.63) is 53.2 Å². The zero-order chi connectivity index (χ0) is 20.1. The van der Waals surface area contributed by atoms with Crippen LogP contribution in [0.2, 0.25) is 0 Å². The summed E-state index contributed by atoms with van der Waals surface area (Å²) in [4.78, 5) is 31.3. The highest BCUT2D eigenvalue weighted by Gasteiger charge is 2.15. The SMILES string of the molecule is O=C(CCC(=O)c1ccc2c(c1)CCCC2)Nc1ccc(N2CCOCC2)cn1. The lowest BCUT2D eigenvalue weighted by molar-refractivity contribution is -0.116. The van der Waals surface area contributed by atoms with Crippen molar-refractivity contribution in [2.24, 2.45) is 0 Å². The number of benzene rings is 1. The van der Waals surface area contributed by atoms with Gasteiger partial charge in [0.2, 0.25) is 5.91 Å². The molecule has 0 spiro atoms. The van der Waals surface area contributed by atoms with E-state index in [1.807, 2.05) is 18.2 Å². The summed E-state index contributed by atoms with van der Waals surface area (Å²) >= 11 is 0. The Morgan fingerprint density at radius 3 is 2.55 bits per heavy atom. The number of rotatable bonds is 6. The molecule has 0 bridgehead atoms. The Morgan fingerprint density at radius 1 is 1.00 bits per heavy atom. The van der Waals surface area contributed by atoms with Crippen molar-refractivity contribution in [2.45, 2.75) is 38.5 Å². The average molecular weight is 393 g/mol. The van der Waals surface area contributed by atoms with E-state index in [1.54, 1.807) is 12.3 Å². The first-order chi connectivity index (χ1) is 14.2. The Bertz CT molecular complexity index is 873. The Morgan fingerprint density at radius 2 is 1.79 bits per heavy atom. The van der Waals surface area contributed by atoms with Crippen LogP contribution in [0.3, 0.4) is 0 Å². The van der Waals surface area contributed by atoms with Crippen LogP contribution in [-0.4, -0.2) is 43.0 Å². The highest BCUT2D eigenvalue weighted by Crippen LogP contribution is 2.23. The summed E-state index contributed by atoms with van der Waals surface area (Å²) in [7, 11) is 0. The lowest BCUT2D eigenvalue weighted by Gasteiger charge is -2.28. The van der Waals surface area contributed by atoms with Gasteiger partial charge in [-0.3, -0.25) is 9.59 Å². The van der Waals surface area contributed by atoms with Gasteiger partial charge in [-0.1, -0.05) is 12.1 Å². The molecule has 1 amide bonds. The van der Waals surface area contributed by atoms with Crippen molar-refractivity contribution in [3.8, 4) is 0 Å². The average Bonchev–Trinajstić information content (AvgIpc) is 2.78. The third-order valence-electron chi connectivity index (χ3n) is 5.64. The van der Waals surface area contributed by atoms with Crippen molar-refractivity contribution in [1.29, 1.82) is 0 Å². The van der Waals surface area contributed by atoms with Crippen molar-refractivity contribution < 1.29 is 14.3 Å². The number of nitrogens with zero attached hydrogens (tertiary/aromatic N) is 2. The topological polar surface area (TPSA) is 71.5 Å². The molecule has 2 aromatic rings. The van der Waals surface area contributed by atoms with Gasteiger partial charge >= 0.3 is 0 Å². The number of aromatic nitrogens is 1. The van der Waals surface area contributed by atoms with Gasteiger partial charge in [0.1, 0.15) is 5.82 Å². The first kappa shape index (κ1) is 19.6. The molecule has 29 heavy (non-hydrogen) atoms. The van der Waals surface area contributed by atoms with E-state index < -0.39 is 0 Å². The zero-order valence-electron chi connectivity index (χ0n) is 16.7. The number of nitrogens with one attached hydrogen (secondary N) is 1. The van der Waals surface area contributed by atoms with Gasteiger partial charge in [-0.15, -0.1) is 0 Å². The van der Waals surface area contributed by atoms with Gasteiger partial charge in [0, 0.05) is 31.5 Å². The molecule has 0 saturated carbocycles. The van der Waals surface area contributed by atoms with E-state index in [-0.39, 0.29) is 24.5 Å². The van der Waals surface area contributed by atoms with Gasteiger partial charge in [-0.05, 0) is 55.0 Å². The molecule has 0 atom stereocenters. The molecule has 1 aromatic heterocycles. The number of hydrogen-bond acceptors (Lipinski definition) is 5. The van der Waals surface area contributed by atoms with Gasteiger partial charge in [-0.2, -0.15) is 0 Å². The molecule has 1 N–H and O–H groups in total.